The summed E-state index contributed by atoms with van der Waals surface area (Å²) in [6, 6.07) is 10.6. The van der Waals surface area contributed by atoms with Crippen LogP contribution >= 0.6 is 0 Å². The van der Waals surface area contributed by atoms with Crippen LogP contribution in [0.1, 0.15) is 11.1 Å². The number of hydrogen-bond acceptors (Lipinski definition) is 3. The average molecular weight is 235 g/mol. The van der Waals surface area contributed by atoms with Gasteiger partial charge in [0.15, 0.2) is 0 Å². The van der Waals surface area contributed by atoms with Gasteiger partial charge in [0, 0.05) is 23.6 Å². The van der Waals surface area contributed by atoms with Crippen LogP contribution in [0, 0.1) is 18.3 Å². The summed E-state index contributed by atoms with van der Waals surface area (Å²) in [5.74, 6) is 0.951. The molecule has 0 N–H and O–H groups in total. The molecule has 0 radical (unpaired) electrons. The van der Waals surface area contributed by atoms with E-state index in [-0.39, 0.29) is 0 Å². The van der Waals surface area contributed by atoms with Crippen LogP contribution in [-0.2, 0) is 0 Å². The monoisotopic (exact) mass is 235 g/mol. The normalized spacial score (nSPS) is 14.1. The summed E-state index contributed by atoms with van der Waals surface area (Å²) in [5, 5.41) is 10.1. The first kappa shape index (κ1) is 10.8. The SMILES string of the molecule is Cc1ccc2cc3c(nc2c1)N(C)CC(C#N)=C3. The van der Waals surface area contributed by atoms with E-state index in [1.165, 1.54) is 5.56 Å². The molecule has 3 heteroatoms. The van der Waals surface area contributed by atoms with Crippen LogP contribution in [0.4, 0.5) is 5.82 Å². The van der Waals surface area contributed by atoms with Crippen molar-refractivity contribution in [3.8, 4) is 6.07 Å². The summed E-state index contributed by atoms with van der Waals surface area (Å²) in [6.07, 6.45) is 1.93. The Balaban J connectivity index is 2.28. The highest BCUT2D eigenvalue weighted by molar-refractivity contribution is 5.87. The van der Waals surface area contributed by atoms with Gasteiger partial charge < -0.3 is 4.90 Å². The lowest BCUT2D eigenvalue weighted by molar-refractivity contribution is 0.964. The number of likely N-dealkylation sites (N-methyl/N-ethyl adjacent to an activating group) is 1. The lowest BCUT2D eigenvalue weighted by atomic mass is 10.0. The first-order chi connectivity index (χ1) is 8.67. The van der Waals surface area contributed by atoms with Crippen molar-refractivity contribution >= 4 is 22.8 Å². The van der Waals surface area contributed by atoms with Gasteiger partial charge in [0.25, 0.3) is 0 Å². The van der Waals surface area contributed by atoms with E-state index in [4.69, 9.17) is 10.2 Å². The molecule has 0 aliphatic carbocycles. The van der Waals surface area contributed by atoms with Crippen molar-refractivity contribution in [3.05, 3.63) is 41.0 Å². The third-order valence-electron chi connectivity index (χ3n) is 3.22. The third-order valence-corrected chi connectivity index (χ3v) is 3.22. The molecule has 2 aromatic rings. The second-order valence-electron chi connectivity index (χ2n) is 4.73. The lowest BCUT2D eigenvalue weighted by Gasteiger charge is -2.24. The number of aryl methyl sites for hydroxylation is 1. The van der Waals surface area contributed by atoms with Crippen LogP contribution in [0.15, 0.2) is 29.8 Å². The molecule has 88 valence electrons. The maximum Gasteiger partial charge on any atom is 0.136 e. The van der Waals surface area contributed by atoms with E-state index < -0.39 is 0 Å². The predicted molar refractivity (Wildman–Crippen MR) is 73.3 cm³/mol. The van der Waals surface area contributed by atoms with Crippen LogP contribution in [-0.4, -0.2) is 18.6 Å². The number of hydrogen-bond donors (Lipinski definition) is 0. The van der Waals surface area contributed by atoms with Crippen molar-refractivity contribution in [2.75, 3.05) is 18.5 Å². The van der Waals surface area contributed by atoms with Gasteiger partial charge in [-0.3, -0.25) is 0 Å². The number of nitriles is 1. The van der Waals surface area contributed by atoms with Crippen molar-refractivity contribution in [3.63, 3.8) is 0 Å². The smallest absolute Gasteiger partial charge is 0.136 e. The highest BCUT2D eigenvalue weighted by Crippen LogP contribution is 2.29. The second kappa shape index (κ2) is 3.85. The molecule has 0 amide bonds. The van der Waals surface area contributed by atoms with Gasteiger partial charge in [-0.15, -0.1) is 0 Å². The Labute approximate surface area is 106 Å². The third kappa shape index (κ3) is 1.63. The number of nitrogens with zero attached hydrogens (tertiary/aromatic N) is 3. The van der Waals surface area contributed by atoms with Crippen molar-refractivity contribution in [2.45, 2.75) is 6.92 Å². The fraction of sp³-hybridized carbons (Fsp3) is 0.200. The Morgan fingerprint density at radius 2 is 2.17 bits per heavy atom. The number of aromatic nitrogens is 1. The standard InChI is InChI=1S/C15H13N3/c1-10-3-4-12-7-13-6-11(8-16)9-18(2)15(13)17-14(12)5-10/h3-7H,9H2,1-2H3. The molecular weight excluding hydrogens is 222 g/mol. The summed E-state index contributed by atoms with van der Waals surface area (Å²) >= 11 is 0. The maximum absolute atomic E-state index is 9.02. The van der Waals surface area contributed by atoms with Gasteiger partial charge in [0.1, 0.15) is 5.82 Å². The van der Waals surface area contributed by atoms with Crippen molar-refractivity contribution < 1.29 is 0 Å². The molecule has 0 unspecified atom stereocenters. The summed E-state index contributed by atoms with van der Waals surface area (Å²) in [6.45, 7) is 2.70. The minimum Gasteiger partial charge on any atom is -0.354 e. The van der Waals surface area contributed by atoms with E-state index in [1.807, 2.05) is 18.0 Å². The Morgan fingerprint density at radius 3 is 2.94 bits per heavy atom. The zero-order valence-electron chi connectivity index (χ0n) is 10.4. The largest absolute Gasteiger partial charge is 0.354 e. The van der Waals surface area contributed by atoms with Crippen LogP contribution in [0.25, 0.3) is 17.0 Å². The molecule has 1 aliphatic heterocycles. The van der Waals surface area contributed by atoms with Crippen molar-refractivity contribution in [1.82, 2.24) is 4.98 Å². The summed E-state index contributed by atoms with van der Waals surface area (Å²) in [5.41, 5.74) is 4.02. The van der Waals surface area contributed by atoms with Gasteiger partial charge in [-0.05, 0) is 30.7 Å². The predicted octanol–water partition coefficient (Wildman–Crippen LogP) is 2.90. The minimum atomic E-state index is 0.633. The fourth-order valence-electron chi connectivity index (χ4n) is 2.33. The van der Waals surface area contributed by atoms with E-state index in [0.717, 1.165) is 27.9 Å². The Kier molecular flexibility index (Phi) is 2.31. The second-order valence-corrected chi connectivity index (χ2v) is 4.73. The maximum atomic E-state index is 9.02. The highest BCUT2D eigenvalue weighted by Gasteiger charge is 2.16. The lowest BCUT2D eigenvalue weighted by Crippen LogP contribution is -2.24. The zero-order valence-corrected chi connectivity index (χ0v) is 10.4. The van der Waals surface area contributed by atoms with Gasteiger partial charge in [-0.25, -0.2) is 4.98 Å². The van der Waals surface area contributed by atoms with E-state index in [0.29, 0.717) is 6.54 Å². The van der Waals surface area contributed by atoms with Crippen LogP contribution < -0.4 is 4.90 Å². The first-order valence-corrected chi connectivity index (χ1v) is 5.90. The number of benzene rings is 1. The average Bonchev–Trinajstić information content (AvgIpc) is 2.37. The fourth-order valence-corrected chi connectivity index (χ4v) is 2.33. The topological polar surface area (TPSA) is 39.9 Å². The van der Waals surface area contributed by atoms with E-state index in [2.05, 4.69) is 37.3 Å². The zero-order chi connectivity index (χ0) is 12.7. The number of anilines is 1. The van der Waals surface area contributed by atoms with Gasteiger partial charge in [-0.1, -0.05) is 12.1 Å². The molecule has 0 atom stereocenters. The molecule has 1 aromatic heterocycles. The molecule has 1 aromatic carbocycles. The molecule has 3 nitrogen and oxygen atoms in total. The molecule has 1 aliphatic rings. The van der Waals surface area contributed by atoms with E-state index >= 15 is 0 Å². The number of rotatable bonds is 0. The van der Waals surface area contributed by atoms with Crippen LogP contribution in [0.5, 0.6) is 0 Å². The minimum absolute atomic E-state index is 0.633. The van der Waals surface area contributed by atoms with Gasteiger partial charge in [0.05, 0.1) is 18.1 Å². The molecule has 0 saturated carbocycles. The Morgan fingerprint density at radius 1 is 1.33 bits per heavy atom. The molecule has 18 heavy (non-hydrogen) atoms. The molecule has 0 spiro atoms. The van der Waals surface area contributed by atoms with Crippen LogP contribution in [0.2, 0.25) is 0 Å². The van der Waals surface area contributed by atoms with Crippen LogP contribution in [0.3, 0.4) is 0 Å². The summed E-state index contributed by atoms with van der Waals surface area (Å²) in [7, 11) is 1.97. The van der Waals surface area contributed by atoms with E-state index in [1.54, 1.807) is 0 Å². The number of fused-ring (bicyclic) bond motifs is 2. The van der Waals surface area contributed by atoms with Crippen molar-refractivity contribution in [2.24, 2.45) is 0 Å². The van der Waals surface area contributed by atoms with Gasteiger partial charge in [0.2, 0.25) is 0 Å². The quantitative estimate of drug-likeness (QED) is 0.705. The molecule has 3 rings (SSSR count). The first-order valence-electron chi connectivity index (χ1n) is 5.90. The number of pyridine rings is 1. The van der Waals surface area contributed by atoms with Gasteiger partial charge in [-0.2, -0.15) is 5.26 Å². The molecule has 0 fully saturated rings. The van der Waals surface area contributed by atoms with Crippen molar-refractivity contribution in [1.29, 1.82) is 5.26 Å². The molecule has 0 bridgehead atoms. The highest BCUT2D eigenvalue weighted by atomic mass is 15.2. The van der Waals surface area contributed by atoms with E-state index in [9.17, 15) is 0 Å². The summed E-state index contributed by atoms with van der Waals surface area (Å²) in [4.78, 5) is 6.72. The Bertz CT molecular complexity index is 707. The molecule has 2 heterocycles. The Hall–Kier alpha value is -2.34. The molecule has 0 saturated heterocycles. The van der Waals surface area contributed by atoms with Gasteiger partial charge >= 0.3 is 0 Å². The molecular formula is C15H13N3. The summed E-state index contributed by atoms with van der Waals surface area (Å²) < 4.78 is 0.